The highest BCUT2D eigenvalue weighted by molar-refractivity contribution is 5.89. The number of carboxylic acids is 1. The van der Waals surface area contributed by atoms with Crippen molar-refractivity contribution in [3.63, 3.8) is 0 Å². The molecule has 33 heavy (non-hydrogen) atoms. The predicted octanol–water partition coefficient (Wildman–Crippen LogP) is -0.826. The maximum absolute atomic E-state index is 12.3. The van der Waals surface area contributed by atoms with E-state index in [0.29, 0.717) is 25.9 Å². The average Bonchev–Trinajstić information content (AvgIpc) is 2.76. The zero-order valence-electron chi connectivity index (χ0n) is 19.5. The highest BCUT2D eigenvalue weighted by Gasteiger charge is 2.23. The van der Waals surface area contributed by atoms with Crippen molar-refractivity contribution in [3.8, 4) is 0 Å². The van der Waals surface area contributed by atoms with Crippen molar-refractivity contribution in [2.24, 2.45) is 5.92 Å². The van der Waals surface area contributed by atoms with Crippen LogP contribution in [0.2, 0.25) is 0 Å². The SMILES string of the molecule is CC(C)C(NC(=O)CCC(=O)NCCOCCOCCC(=O)O)C(=O)NCCCCNC=O. The fourth-order valence-electron chi connectivity index (χ4n) is 2.57. The Bertz CT molecular complexity index is 601. The van der Waals surface area contributed by atoms with Crippen LogP contribution in [0.3, 0.4) is 0 Å². The summed E-state index contributed by atoms with van der Waals surface area (Å²) < 4.78 is 10.3. The Kier molecular flexibility index (Phi) is 18.3. The molecule has 12 nitrogen and oxygen atoms in total. The normalized spacial score (nSPS) is 11.5. The predicted molar refractivity (Wildman–Crippen MR) is 119 cm³/mol. The lowest BCUT2D eigenvalue weighted by atomic mass is 10.0. The third kappa shape index (κ3) is 18.5. The molecule has 0 fully saturated rings. The molecule has 0 aliphatic rings. The summed E-state index contributed by atoms with van der Waals surface area (Å²) in [6.45, 7) is 5.84. The van der Waals surface area contributed by atoms with Gasteiger partial charge in [0.1, 0.15) is 6.04 Å². The maximum Gasteiger partial charge on any atom is 0.305 e. The van der Waals surface area contributed by atoms with E-state index in [1.165, 1.54) is 0 Å². The van der Waals surface area contributed by atoms with E-state index in [4.69, 9.17) is 14.6 Å². The van der Waals surface area contributed by atoms with Crippen LogP contribution >= 0.6 is 0 Å². The number of carbonyl (C=O) groups excluding carboxylic acids is 4. The summed E-state index contributed by atoms with van der Waals surface area (Å²) in [5, 5.41) is 19.1. The molecule has 0 heterocycles. The van der Waals surface area contributed by atoms with E-state index in [0.717, 1.165) is 6.42 Å². The van der Waals surface area contributed by atoms with Gasteiger partial charge in [-0.25, -0.2) is 0 Å². The van der Waals surface area contributed by atoms with E-state index in [1.807, 2.05) is 13.8 Å². The molecule has 4 amide bonds. The second-order valence-corrected chi connectivity index (χ2v) is 7.58. The van der Waals surface area contributed by atoms with E-state index >= 15 is 0 Å². The van der Waals surface area contributed by atoms with Crippen molar-refractivity contribution < 1.29 is 38.6 Å². The molecule has 1 atom stereocenters. The first kappa shape index (κ1) is 30.3. The molecule has 1 unspecified atom stereocenters. The number of amides is 4. The zero-order chi connectivity index (χ0) is 24.9. The molecule has 0 aliphatic carbocycles. The minimum atomic E-state index is -0.924. The number of aliphatic carboxylic acids is 1. The first-order valence-electron chi connectivity index (χ1n) is 11.2. The largest absolute Gasteiger partial charge is 0.481 e. The molecule has 0 spiro atoms. The van der Waals surface area contributed by atoms with Gasteiger partial charge >= 0.3 is 5.97 Å². The van der Waals surface area contributed by atoms with Gasteiger partial charge in [-0.3, -0.25) is 24.0 Å². The molecule has 190 valence electrons. The topological polar surface area (TPSA) is 172 Å². The van der Waals surface area contributed by atoms with Crippen molar-refractivity contribution in [2.45, 2.75) is 52.0 Å². The van der Waals surface area contributed by atoms with Crippen LogP contribution in [0.25, 0.3) is 0 Å². The third-order valence-electron chi connectivity index (χ3n) is 4.38. The molecule has 0 aromatic carbocycles. The Labute approximate surface area is 194 Å². The summed E-state index contributed by atoms with van der Waals surface area (Å²) >= 11 is 0. The van der Waals surface area contributed by atoms with Gasteiger partial charge in [-0.1, -0.05) is 13.8 Å². The lowest BCUT2D eigenvalue weighted by molar-refractivity contribution is -0.138. The number of nitrogens with one attached hydrogen (secondary N) is 4. The summed E-state index contributed by atoms with van der Waals surface area (Å²) in [6, 6.07) is -0.695. The van der Waals surface area contributed by atoms with Crippen LogP contribution in [-0.2, 0) is 33.4 Å². The number of hydrogen-bond donors (Lipinski definition) is 5. The zero-order valence-corrected chi connectivity index (χ0v) is 19.5. The van der Waals surface area contributed by atoms with Gasteiger partial charge in [0, 0.05) is 32.5 Å². The van der Waals surface area contributed by atoms with Crippen molar-refractivity contribution in [1.29, 1.82) is 0 Å². The first-order chi connectivity index (χ1) is 15.8. The van der Waals surface area contributed by atoms with Crippen molar-refractivity contribution in [3.05, 3.63) is 0 Å². The maximum atomic E-state index is 12.3. The van der Waals surface area contributed by atoms with Crippen molar-refractivity contribution in [1.82, 2.24) is 21.3 Å². The lowest BCUT2D eigenvalue weighted by Gasteiger charge is -2.21. The van der Waals surface area contributed by atoms with E-state index in [2.05, 4.69) is 21.3 Å². The highest BCUT2D eigenvalue weighted by atomic mass is 16.5. The quantitative estimate of drug-likeness (QED) is 0.106. The first-order valence-corrected chi connectivity index (χ1v) is 11.2. The second-order valence-electron chi connectivity index (χ2n) is 7.58. The number of ether oxygens (including phenoxy) is 2. The van der Waals surface area contributed by atoms with Gasteiger partial charge in [0.05, 0.1) is 32.8 Å². The van der Waals surface area contributed by atoms with Crippen molar-refractivity contribution in [2.75, 3.05) is 46.1 Å². The van der Waals surface area contributed by atoms with E-state index in [-0.39, 0.29) is 75.9 Å². The van der Waals surface area contributed by atoms with Crippen LogP contribution in [0.5, 0.6) is 0 Å². The standard InChI is InChI=1S/C21H38N4O8/c1-16(2)20(21(31)24-9-4-3-8-22-15-26)25-18(28)6-5-17(27)23-10-12-33-14-13-32-11-7-19(29)30/h15-16,20H,3-14H2,1-2H3,(H,22,26)(H,23,27)(H,24,31)(H,25,28)(H,29,30). The molecular weight excluding hydrogens is 436 g/mol. The van der Waals surface area contributed by atoms with Gasteiger partial charge in [0.25, 0.3) is 0 Å². The van der Waals surface area contributed by atoms with Crippen LogP contribution in [0, 0.1) is 5.92 Å². The highest BCUT2D eigenvalue weighted by Crippen LogP contribution is 2.03. The second kappa shape index (κ2) is 19.9. The van der Waals surface area contributed by atoms with Gasteiger partial charge < -0.3 is 35.8 Å². The number of carboxylic acid groups (broad SMARTS) is 1. The Morgan fingerprint density at radius 3 is 2.09 bits per heavy atom. The van der Waals surface area contributed by atoms with Crippen LogP contribution in [0.4, 0.5) is 0 Å². The van der Waals surface area contributed by atoms with E-state index in [1.54, 1.807) is 0 Å². The molecule has 0 bridgehead atoms. The number of carbonyl (C=O) groups is 5. The van der Waals surface area contributed by atoms with Crippen molar-refractivity contribution >= 4 is 30.1 Å². The molecule has 0 saturated heterocycles. The van der Waals surface area contributed by atoms with Crippen LogP contribution in [0.1, 0.15) is 46.0 Å². The Balaban J connectivity index is 3.94. The van der Waals surface area contributed by atoms with E-state index in [9.17, 15) is 24.0 Å². The molecular formula is C21H38N4O8. The lowest BCUT2D eigenvalue weighted by Crippen LogP contribution is -2.50. The molecule has 0 radical (unpaired) electrons. The van der Waals surface area contributed by atoms with E-state index < -0.39 is 12.0 Å². The minimum Gasteiger partial charge on any atom is -0.481 e. The summed E-state index contributed by atoms with van der Waals surface area (Å²) in [7, 11) is 0. The van der Waals surface area contributed by atoms with Gasteiger partial charge in [-0.2, -0.15) is 0 Å². The third-order valence-corrected chi connectivity index (χ3v) is 4.38. The summed E-state index contributed by atoms with van der Waals surface area (Å²) in [5.74, 6) is -2.02. The molecule has 0 aliphatic heterocycles. The molecule has 0 saturated carbocycles. The van der Waals surface area contributed by atoms with Gasteiger partial charge in [0.15, 0.2) is 0 Å². The summed E-state index contributed by atoms with van der Waals surface area (Å²) in [5.41, 5.74) is 0. The molecule has 0 aromatic heterocycles. The summed E-state index contributed by atoms with van der Waals surface area (Å²) in [4.78, 5) is 56.9. The Morgan fingerprint density at radius 2 is 1.45 bits per heavy atom. The molecule has 0 aromatic rings. The smallest absolute Gasteiger partial charge is 0.305 e. The van der Waals surface area contributed by atoms with Crippen LogP contribution in [0.15, 0.2) is 0 Å². The number of hydrogen-bond acceptors (Lipinski definition) is 7. The average molecular weight is 475 g/mol. The Morgan fingerprint density at radius 1 is 0.818 bits per heavy atom. The molecule has 0 rings (SSSR count). The Hall–Kier alpha value is -2.73. The number of unbranched alkanes of at least 4 members (excludes halogenated alkanes) is 1. The van der Waals surface area contributed by atoms with Crippen LogP contribution in [-0.4, -0.2) is 87.3 Å². The van der Waals surface area contributed by atoms with Gasteiger partial charge in [-0.05, 0) is 18.8 Å². The van der Waals surface area contributed by atoms with Crippen LogP contribution < -0.4 is 21.3 Å². The fourth-order valence-corrected chi connectivity index (χ4v) is 2.57. The summed E-state index contributed by atoms with van der Waals surface area (Å²) in [6.07, 6.45) is 1.94. The minimum absolute atomic E-state index is 0.0136. The fraction of sp³-hybridized carbons (Fsp3) is 0.762. The monoisotopic (exact) mass is 474 g/mol. The molecule has 12 heteroatoms. The van der Waals surface area contributed by atoms with Gasteiger partial charge in [0.2, 0.25) is 24.1 Å². The molecule has 5 N–H and O–H groups in total. The number of rotatable bonds is 21. The van der Waals surface area contributed by atoms with Gasteiger partial charge in [-0.15, -0.1) is 0 Å².